The number of nitrogens with one attached hydrogen (secondary N) is 1. The van der Waals surface area contributed by atoms with Crippen molar-refractivity contribution >= 4 is 11.6 Å². The Hall–Kier alpha value is -2.83. The molecule has 0 spiro atoms. The molecule has 7 heteroatoms. The fourth-order valence-electron chi connectivity index (χ4n) is 1.76. The number of amides is 1. The maximum Gasteiger partial charge on any atom is 0.387 e. The van der Waals surface area contributed by atoms with Gasteiger partial charge in [0.1, 0.15) is 17.2 Å². The second kappa shape index (κ2) is 7.98. The topological polar surface area (TPSA) is 56.8 Å². The zero-order valence-corrected chi connectivity index (χ0v) is 12.3. The van der Waals surface area contributed by atoms with Gasteiger partial charge in [-0.25, -0.2) is 0 Å². The van der Waals surface area contributed by atoms with Gasteiger partial charge in [-0.1, -0.05) is 6.07 Å². The number of rotatable bonds is 7. The van der Waals surface area contributed by atoms with Crippen LogP contribution >= 0.6 is 0 Å². The maximum atomic E-state index is 12.0. The van der Waals surface area contributed by atoms with E-state index in [1.54, 1.807) is 24.3 Å². The summed E-state index contributed by atoms with van der Waals surface area (Å²) >= 11 is 0. The largest absolute Gasteiger partial charge is 0.497 e. The van der Waals surface area contributed by atoms with Crippen LogP contribution in [0.15, 0.2) is 48.5 Å². The second-order valence-corrected chi connectivity index (χ2v) is 4.42. The molecule has 1 amide bonds. The van der Waals surface area contributed by atoms with Crippen molar-refractivity contribution in [2.45, 2.75) is 6.61 Å². The Kier molecular flexibility index (Phi) is 5.74. The van der Waals surface area contributed by atoms with Gasteiger partial charge in [0.05, 0.1) is 7.11 Å². The minimum absolute atomic E-state index is 0.0191. The molecule has 0 saturated carbocycles. The first kappa shape index (κ1) is 16.5. The van der Waals surface area contributed by atoms with Crippen molar-refractivity contribution in [3.8, 4) is 17.2 Å². The molecule has 5 nitrogen and oxygen atoms in total. The molecule has 0 aliphatic heterocycles. The number of alkyl halides is 2. The monoisotopic (exact) mass is 323 g/mol. The van der Waals surface area contributed by atoms with Gasteiger partial charge in [0.15, 0.2) is 6.61 Å². The predicted octanol–water partition coefficient (Wildman–Crippen LogP) is 3.31. The first-order valence-electron chi connectivity index (χ1n) is 6.68. The summed E-state index contributed by atoms with van der Waals surface area (Å²) in [5.41, 5.74) is 0.450. The Morgan fingerprint density at radius 1 is 1.09 bits per heavy atom. The Balaban J connectivity index is 1.84. The van der Waals surface area contributed by atoms with E-state index in [0.717, 1.165) is 0 Å². The lowest BCUT2D eigenvalue weighted by atomic mass is 10.3. The summed E-state index contributed by atoms with van der Waals surface area (Å²) in [6, 6.07) is 12.5. The lowest BCUT2D eigenvalue weighted by Gasteiger charge is -2.09. The third-order valence-electron chi connectivity index (χ3n) is 2.77. The third kappa shape index (κ3) is 5.46. The van der Waals surface area contributed by atoms with Crippen molar-refractivity contribution in [2.24, 2.45) is 0 Å². The molecule has 2 aromatic carbocycles. The highest BCUT2D eigenvalue weighted by Crippen LogP contribution is 2.19. The predicted molar refractivity (Wildman–Crippen MR) is 80.2 cm³/mol. The average molecular weight is 323 g/mol. The molecule has 0 saturated heterocycles. The summed E-state index contributed by atoms with van der Waals surface area (Å²) in [6.07, 6.45) is 0. The molecule has 0 bridgehead atoms. The number of carbonyl (C=O) groups excluding carboxylic acids is 1. The van der Waals surface area contributed by atoms with E-state index in [1.165, 1.54) is 31.4 Å². The van der Waals surface area contributed by atoms with Crippen molar-refractivity contribution in [2.75, 3.05) is 19.0 Å². The molecule has 122 valence electrons. The minimum atomic E-state index is -2.88. The molecule has 2 aromatic rings. The van der Waals surface area contributed by atoms with Gasteiger partial charge in [-0.15, -0.1) is 0 Å². The lowest BCUT2D eigenvalue weighted by molar-refractivity contribution is -0.118. The van der Waals surface area contributed by atoms with Gasteiger partial charge in [0.2, 0.25) is 0 Å². The quantitative estimate of drug-likeness (QED) is 0.849. The van der Waals surface area contributed by atoms with E-state index >= 15 is 0 Å². The number of hydrogen-bond acceptors (Lipinski definition) is 4. The average Bonchev–Trinajstić information content (AvgIpc) is 2.54. The van der Waals surface area contributed by atoms with Crippen molar-refractivity contribution in [1.82, 2.24) is 0 Å². The van der Waals surface area contributed by atoms with E-state index in [4.69, 9.17) is 9.47 Å². The normalized spacial score (nSPS) is 10.3. The molecule has 0 heterocycles. The van der Waals surface area contributed by atoms with Crippen molar-refractivity contribution < 1.29 is 27.8 Å². The lowest BCUT2D eigenvalue weighted by Crippen LogP contribution is -2.20. The van der Waals surface area contributed by atoms with Crippen LogP contribution in [-0.4, -0.2) is 26.2 Å². The number of ether oxygens (including phenoxy) is 3. The smallest absolute Gasteiger partial charge is 0.387 e. The van der Waals surface area contributed by atoms with Crippen molar-refractivity contribution in [3.63, 3.8) is 0 Å². The van der Waals surface area contributed by atoms with Crippen LogP contribution in [0.2, 0.25) is 0 Å². The van der Waals surface area contributed by atoms with Crippen molar-refractivity contribution in [1.29, 1.82) is 0 Å². The van der Waals surface area contributed by atoms with Crippen LogP contribution in [-0.2, 0) is 4.79 Å². The molecular formula is C16H15F2NO4. The van der Waals surface area contributed by atoms with E-state index in [2.05, 4.69) is 10.1 Å². The van der Waals surface area contributed by atoms with E-state index in [9.17, 15) is 13.6 Å². The fraction of sp³-hybridized carbons (Fsp3) is 0.188. The standard InChI is InChI=1S/C16H15F2NO4/c1-21-13-3-2-4-14(9-13)22-10-15(20)19-11-5-7-12(8-6-11)23-16(17)18/h2-9,16H,10H2,1H3,(H,19,20). The molecule has 0 aromatic heterocycles. The van der Waals surface area contributed by atoms with Gasteiger partial charge in [-0.3, -0.25) is 4.79 Å². The number of anilines is 1. The van der Waals surface area contributed by atoms with Crippen LogP contribution in [0.3, 0.4) is 0 Å². The van der Waals surface area contributed by atoms with Crippen LogP contribution in [0, 0.1) is 0 Å². The number of hydrogen-bond donors (Lipinski definition) is 1. The van der Waals surface area contributed by atoms with Gasteiger partial charge in [-0.2, -0.15) is 8.78 Å². The molecule has 0 unspecified atom stereocenters. The molecule has 0 aliphatic carbocycles. The molecule has 2 rings (SSSR count). The highest BCUT2D eigenvalue weighted by molar-refractivity contribution is 5.91. The summed E-state index contributed by atoms with van der Waals surface area (Å²) < 4.78 is 38.7. The summed E-state index contributed by atoms with van der Waals surface area (Å²) in [6.45, 7) is -3.07. The van der Waals surface area contributed by atoms with E-state index < -0.39 is 6.61 Å². The zero-order valence-electron chi connectivity index (χ0n) is 12.3. The molecule has 1 N–H and O–H groups in total. The molecule has 23 heavy (non-hydrogen) atoms. The summed E-state index contributed by atoms with van der Waals surface area (Å²) in [5, 5.41) is 2.58. The molecule has 0 aliphatic rings. The van der Waals surface area contributed by atoms with Crippen LogP contribution in [0.5, 0.6) is 17.2 Å². The Labute approximate surface area is 131 Å². The second-order valence-electron chi connectivity index (χ2n) is 4.42. The number of benzene rings is 2. The minimum Gasteiger partial charge on any atom is -0.497 e. The van der Waals surface area contributed by atoms with Crippen LogP contribution in [0.1, 0.15) is 0 Å². The first-order valence-corrected chi connectivity index (χ1v) is 6.68. The van der Waals surface area contributed by atoms with Gasteiger partial charge < -0.3 is 19.5 Å². The van der Waals surface area contributed by atoms with E-state index in [0.29, 0.717) is 17.2 Å². The highest BCUT2D eigenvalue weighted by atomic mass is 19.3. The van der Waals surface area contributed by atoms with Gasteiger partial charge >= 0.3 is 6.61 Å². The highest BCUT2D eigenvalue weighted by Gasteiger charge is 2.06. The summed E-state index contributed by atoms with van der Waals surface area (Å²) in [7, 11) is 1.53. The van der Waals surface area contributed by atoms with Crippen LogP contribution < -0.4 is 19.5 Å². The van der Waals surface area contributed by atoms with E-state index in [-0.39, 0.29) is 18.3 Å². The Morgan fingerprint density at radius 2 is 1.78 bits per heavy atom. The zero-order chi connectivity index (χ0) is 16.7. The number of carbonyl (C=O) groups is 1. The van der Waals surface area contributed by atoms with Gasteiger partial charge in [0.25, 0.3) is 5.91 Å². The van der Waals surface area contributed by atoms with Gasteiger partial charge in [-0.05, 0) is 36.4 Å². The molecule has 0 atom stereocenters. The Bertz CT molecular complexity index is 647. The summed E-state index contributed by atoms with van der Waals surface area (Å²) in [4.78, 5) is 11.8. The summed E-state index contributed by atoms with van der Waals surface area (Å²) in [5.74, 6) is 0.763. The molecule has 0 fully saturated rings. The number of methoxy groups -OCH3 is 1. The molecular weight excluding hydrogens is 308 g/mol. The van der Waals surface area contributed by atoms with Crippen LogP contribution in [0.4, 0.5) is 14.5 Å². The fourth-order valence-corrected chi connectivity index (χ4v) is 1.76. The van der Waals surface area contributed by atoms with E-state index in [1.807, 2.05) is 0 Å². The first-order chi connectivity index (χ1) is 11.1. The van der Waals surface area contributed by atoms with Crippen LogP contribution in [0.25, 0.3) is 0 Å². The van der Waals surface area contributed by atoms with Crippen molar-refractivity contribution in [3.05, 3.63) is 48.5 Å². The Morgan fingerprint density at radius 3 is 2.43 bits per heavy atom. The third-order valence-corrected chi connectivity index (χ3v) is 2.77. The number of halogens is 2. The van der Waals surface area contributed by atoms with Gasteiger partial charge in [0, 0.05) is 11.8 Å². The SMILES string of the molecule is COc1cccc(OCC(=O)Nc2ccc(OC(F)F)cc2)c1. The maximum absolute atomic E-state index is 12.0. The molecule has 0 radical (unpaired) electrons.